The molecule has 1 nitrogen and oxygen atoms in total. The molecule has 0 saturated carbocycles. The summed E-state index contributed by atoms with van der Waals surface area (Å²) in [6, 6.07) is 2.63. The van der Waals surface area contributed by atoms with E-state index in [9.17, 15) is 8.78 Å². The second-order valence-electron chi connectivity index (χ2n) is 4.14. The van der Waals surface area contributed by atoms with E-state index in [-0.39, 0.29) is 10.0 Å². The summed E-state index contributed by atoms with van der Waals surface area (Å²) in [6.07, 6.45) is 0.539. The Kier molecular flexibility index (Phi) is 3.84. The van der Waals surface area contributed by atoms with Gasteiger partial charge in [-0.25, -0.2) is 8.78 Å². The van der Waals surface area contributed by atoms with E-state index in [4.69, 9.17) is 5.73 Å². The van der Waals surface area contributed by atoms with Crippen molar-refractivity contribution in [3.63, 3.8) is 0 Å². The monoisotopic (exact) mass is 277 g/mol. The van der Waals surface area contributed by atoms with E-state index < -0.39 is 17.0 Å². The molecule has 4 heteroatoms. The topological polar surface area (TPSA) is 26.0 Å². The van der Waals surface area contributed by atoms with Crippen LogP contribution in [0.15, 0.2) is 16.6 Å². The van der Waals surface area contributed by atoms with Crippen LogP contribution in [0.2, 0.25) is 0 Å². The normalized spacial score (nSPS) is 11.9. The minimum absolute atomic E-state index is 0.0994. The highest BCUT2D eigenvalue weighted by Crippen LogP contribution is 2.33. The van der Waals surface area contributed by atoms with Crippen LogP contribution in [0.4, 0.5) is 8.78 Å². The maximum absolute atomic E-state index is 13.8. The van der Waals surface area contributed by atoms with Gasteiger partial charge in [0.2, 0.25) is 0 Å². The largest absolute Gasteiger partial charge is 0.330 e. The van der Waals surface area contributed by atoms with E-state index in [1.807, 2.05) is 0 Å². The van der Waals surface area contributed by atoms with Gasteiger partial charge in [-0.05, 0) is 46.4 Å². The van der Waals surface area contributed by atoms with Crippen molar-refractivity contribution in [2.75, 3.05) is 6.54 Å². The van der Waals surface area contributed by atoms with Gasteiger partial charge in [-0.1, -0.05) is 13.8 Å². The first-order chi connectivity index (χ1) is 6.90. The van der Waals surface area contributed by atoms with Gasteiger partial charge in [-0.15, -0.1) is 0 Å². The van der Waals surface area contributed by atoms with Crippen molar-refractivity contribution in [3.8, 4) is 0 Å². The molecule has 0 aliphatic heterocycles. The Hall–Kier alpha value is -0.480. The number of halogens is 3. The zero-order chi connectivity index (χ0) is 11.6. The first-order valence-electron chi connectivity index (χ1n) is 4.74. The fourth-order valence-corrected chi connectivity index (χ4v) is 1.96. The van der Waals surface area contributed by atoms with Crippen molar-refractivity contribution < 1.29 is 8.78 Å². The third-order valence-corrected chi connectivity index (χ3v) is 3.10. The molecule has 2 N–H and O–H groups in total. The molecule has 1 aromatic carbocycles. The van der Waals surface area contributed by atoms with Gasteiger partial charge in [0.25, 0.3) is 0 Å². The Balaban J connectivity index is 3.29. The Morgan fingerprint density at radius 3 is 2.47 bits per heavy atom. The SMILES string of the molecule is CC(C)(CCN)c1c(F)ccc(Br)c1F. The van der Waals surface area contributed by atoms with Crippen molar-refractivity contribution in [2.45, 2.75) is 25.7 Å². The number of hydrogen-bond acceptors (Lipinski definition) is 1. The Bertz CT molecular complexity index is 364. The minimum atomic E-state index is -0.591. The van der Waals surface area contributed by atoms with Crippen LogP contribution in [0.1, 0.15) is 25.8 Å². The lowest BCUT2D eigenvalue weighted by Gasteiger charge is -2.25. The molecule has 0 aliphatic carbocycles. The predicted octanol–water partition coefficient (Wildman–Crippen LogP) is 3.35. The summed E-state index contributed by atoms with van der Waals surface area (Å²) in [5.74, 6) is -1.05. The van der Waals surface area contributed by atoms with Gasteiger partial charge in [0.15, 0.2) is 0 Å². The van der Waals surface area contributed by atoms with E-state index in [2.05, 4.69) is 15.9 Å². The van der Waals surface area contributed by atoms with E-state index in [1.165, 1.54) is 12.1 Å². The molecular weight excluding hydrogens is 264 g/mol. The molecule has 0 bridgehead atoms. The summed E-state index contributed by atoms with van der Waals surface area (Å²) < 4.78 is 27.6. The third kappa shape index (κ3) is 2.55. The highest BCUT2D eigenvalue weighted by Gasteiger charge is 2.28. The zero-order valence-electron chi connectivity index (χ0n) is 8.78. The highest BCUT2D eigenvalue weighted by atomic mass is 79.9. The van der Waals surface area contributed by atoms with Crippen LogP contribution in [0.5, 0.6) is 0 Å². The van der Waals surface area contributed by atoms with Crippen molar-refractivity contribution >= 4 is 15.9 Å². The number of nitrogens with two attached hydrogens (primary N) is 1. The molecule has 0 atom stereocenters. The fraction of sp³-hybridized carbons (Fsp3) is 0.455. The van der Waals surface area contributed by atoms with Crippen LogP contribution < -0.4 is 5.73 Å². The summed E-state index contributed by atoms with van der Waals surface area (Å²) in [4.78, 5) is 0. The Morgan fingerprint density at radius 1 is 1.33 bits per heavy atom. The Morgan fingerprint density at radius 2 is 1.93 bits per heavy atom. The van der Waals surface area contributed by atoms with Gasteiger partial charge < -0.3 is 5.73 Å². The van der Waals surface area contributed by atoms with Crippen LogP contribution in [-0.2, 0) is 5.41 Å². The Labute approximate surface area is 96.8 Å². The first-order valence-corrected chi connectivity index (χ1v) is 5.53. The van der Waals surface area contributed by atoms with Crippen LogP contribution in [-0.4, -0.2) is 6.54 Å². The molecule has 1 rings (SSSR count). The van der Waals surface area contributed by atoms with Gasteiger partial charge in [0, 0.05) is 5.56 Å². The van der Waals surface area contributed by atoms with Crippen molar-refractivity contribution in [1.29, 1.82) is 0 Å². The summed E-state index contributed by atoms with van der Waals surface area (Å²) in [5.41, 5.74) is 4.94. The lowest BCUT2D eigenvalue weighted by Crippen LogP contribution is -2.24. The molecule has 0 radical (unpaired) electrons. The van der Waals surface area contributed by atoms with Crippen LogP contribution >= 0.6 is 15.9 Å². The summed E-state index contributed by atoms with van der Waals surface area (Å²) >= 11 is 3.05. The quantitative estimate of drug-likeness (QED) is 0.843. The van der Waals surface area contributed by atoms with E-state index in [1.54, 1.807) is 13.8 Å². The van der Waals surface area contributed by atoms with E-state index in [0.717, 1.165) is 0 Å². The summed E-state index contributed by atoms with van der Waals surface area (Å²) in [7, 11) is 0. The lowest BCUT2D eigenvalue weighted by atomic mass is 9.81. The highest BCUT2D eigenvalue weighted by molar-refractivity contribution is 9.10. The van der Waals surface area contributed by atoms with Gasteiger partial charge >= 0.3 is 0 Å². The number of rotatable bonds is 3. The molecule has 0 saturated heterocycles. The molecule has 0 aromatic heterocycles. The van der Waals surface area contributed by atoms with Gasteiger partial charge in [0.05, 0.1) is 4.47 Å². The maximum atomic E-state index is 13.8. The van der Waals surface area contributed by atoms with Crippen LogP contribution in [0.3, 0.4) is 0 Å². The summed E-state index contributed by atoms with van der Waals surface area (Å²) in [6.45, 7) is 3.97. The van der Waals surface area contributed by atoms with Crippen LogP contribution in [0, 0.1) is 11.6 Å². The average Bonchev–Trinajstić information content (AvgIpc) is 2.11. The molecule has 0 spiro atoms. The molecule has 0 aliphatic rings. The molecule has 0 unspecified atom stereocenters. The van der Waals surface area contributed by atoms with Crippen molar-refractivity contribution in [3.05, 3.63) is 33.8 Å². The number of hydrogen-bond donors (Lipinski definition) is 1. The van der Waals surface area contributed by atoms with Crippen molar-refractivity contribution in [1.82, 2.24) is 0 Å². The second kappa shape index (κ2) is 4.58. The zero-order valence-corrected chi connectivity index (χ0v) is 10.4. The van der Waals surface area contributed by atoms with E-state index in [0.29, 0.717) is 13.0 Å². The van der Waals surface area contributed by atoms with E-state index >= 15 is 0 Å². The molecule has 1 aromatic rings. The van der Waals surface area contributed by atoms with Crippen LogP contribution in [0.25, 0.3) is 0 Å². The van der Waals surface area contributed by atoms with Crippen molar-refractivity contribution in [2.24, 2.45) is 5.73 Å². The van der Waals surface area contributed by atoms with Gasteiger partial charge in [0.1, 0.15) is 11.6 Å². The molecule has 84 valence electrons. The molecular formula is C11H14BrF2N. The number of benzene rings is 1. The van der Waals surface area contributed by atoms with Gasteiger partial charge in [-0.2, -0.15) is 0 Å². The minimum Gasteiger partial charge on any atom is -0.330 e. The predicted molar refractivity (Wildman–Crippen MR) is 60.8 cm³/mol. The maximum Gasteiger partial charge on any atom is 0.144 e. The molecule has 15 heavy (non-hydrogen) atoms. The third-order valence-electron chi connectivity index (χ3n) is 2.49. The summed E-state index contributed by atoms with van der Waals surface area (Å²) in [5, 5.41) is 0. The first kappa shape index (κ1) is 12.6. The lowest BCUT2D eigenvalue weighted by molar-refractivity contribution is 0.423. The molecule has 0 fully saturated rings. The average molecular weight is 278 g/mol. The molecule has 0 amide bonds. The second-order valence-corrected chi connectivity index (χ2v) is 5.00. The van der Waals surface area contributed by atoms with Gasteiger partial charge in [-0.3, -0.25) is 0 Å². The standard InChI is InChI=1S/C11H14BrF2N/c1-11(2,5-6-15)9-8(13)4-3-7(12)10(9)14/h3-4H,5-6,15H2,1-2H3. The molecule has 0 heterocycles. The fourth-order valence-electron chi connectivity index (χ4n) is 1.63. The smallest absolute Gasteiger partial charge is 0.144 e.